The molecular formula is C18H23N5O4. The molecule has 1 aromatic rings. The van der Waals surface area contributed by atoms with Gasteiger partial charge in [-0.2, -0.15) is 5.26 Å². The van der Waals surface area contributed by atoms with E-state index in [1.165, 1.54) is 31.5 Å². The number of likely N-dealkylation sites (tertiary alicyclic amines) is 1. The molecule has 0 aliphatic carbocycles. The summed E-state index contributed by atoms with van der Waals surface area (Å²) in [5, 5.41) is 23.1. The highest BCUT2D eigenvalue weighted by Crippen LogP contribution is 2.29. The molecule has 0 atom stereocenters. The first-order valence-electron chi connectivity index (χ1n) is 8.52. The second kappa shape index (κ2) is 9.00. The van der Waals surface area contributed by atoms with E-state index in [2.05, 4.69) is 10.2 Å². The van der Waals surface area contributed by atoms with Crippen molar-refractivity contribution >= 4 is 17.3 Å². The SMILES string of the molecule is COc1cc([N+](=O)[O-])ccc1N/C=C(/C#N)C(=O)N(C)C1CCN(C)CC1. The lowest BCUT2D eigenvalue weighted by atomic mass is 10.0. The molecule has 0 spiro atoms. The number of carbonyl (C=O) groups excluding carboxylic acids is 1. The molecule has 0 bridgehead atoms. The highest BCUT2D eigenvalue weighted by atomic mass is 16.6. The first-order valence-corrected chi connectivity index (χ1v) is 8.52. The van der Waals surface area contributed by atoms with Crippen LogP contribution in [0.25, 0.3) is 0 Å². The van der Waals surface area contributed by atoms with E-state index in [1.54, 1.807) is 11.9 Å². The maximum Gasteiger partial charge on any atom is 0.273 e. The van der Waals surface area contributed by atoms with Crippen LogP contribution in [0, 0.1) is 21.4 Å². The third-order valence-electron chi connectivity index (χ3n) is 4.67. The summed E-state index contributed by atoms with van der Waals surface area (Å²) in [7, 11) is 5.13. The van der Waals surface area contributed by atoms with Crippen molar-refractivity contribution in [2.24, 2.45) is 0 Å². The lowest BCUT2D eigenvalue weighted by Gasteiger charge is -2.35. The molecule has 1 aromatic carbocycles. The number of nitriles is 1. The number of anilines is 1. The Morgan fingerprint density at radius 3 is 2.70 bits per heavy atom. The van der Waals surface area contributed by atoms with Crippen LogP contribution >= 0.6 is 0 Å². The Labute approximate surface area is 158 Å². The van der Waals surface area contributed by atoms with Crippen molar-refractivity contribution < 1.29 is 14.5 Å². The molecule has 2 rings (SSSR count). The van der Waals surface area contributed by atoms with Gasteiger partial charge >= 0.3 is 0 Å². The van der Waals surface area contributed by atoms with E-state index in [9.17, 15) is 20.2 Å². The van der Waals surface area contributed by atoms with E-state index in [-0.39, 0.29) is 29.0 Å². The normalized spacial score (nSPS) is 15.7. The molecule has 9 nitrogen and oxygen atoms in total. The molecule has 9 heteroatoms. The molecule has 0 aromatic heterocycles. The number of non-ortho nitro benzene ring substituents is 1. The number of ether oxygens (including phenoxy) is 1. The predicted molar refractivity (Wildman–Crippen MR) is 100 cm³/mol. The Bertz CT molecular complexity index is 778. The standard InChI is InChI=1S/C18H23N5O4/c1-21-8-6-14(7-9-21)22(2)18(24)13(11-19)12-20-16-5-4-15(23(25)26)10-17(16)27-3/h4-5,10,12,14,20H,6-9H2,1-3H3/b13-12-. The Morgan fingerprint density at radius 1 is 1.48 bits per heavy atom. The number of nitrogens with zero attached hydrogens (tertiary/aromatic N) is 4. The van der Waals surface area contributed by atoms with Crippen molar-refractivity contribution in [3.63, 3.8) is 0 Å². The summed E-state index contributed by atoms with van der Waals surface area (Å²) in [5.41, 5.74) is 0.266. The van der Waals surface area contributed by atoms with Gasteiger partial charge in [0.25, 0.3) is 11.6 Å². The van der Waals surface area contributed by atoms with Crippen molar-refractivity contribution in [3.05, 3.63) is 40.1 Å². The Balaban J connectivity index is 2.13. The van der Waals surface area contributed by atoms with Crippen molar-refractivity contribution in [2.45, 2.75) is 18.9 Å². The van der Waals surface area contributed by atoms with E-state index in [0.717, 1.165) is 25.9 Å². The van der Waals surface area contributed by atoms with Gasteiger partial charge in [0, 0.05) is 25.4 Å². The monoisotopic (exact) mass is 373 g/mol. The van der Waals surface area contributed by atoms with Crippen molar-refractivity contribution in [2.75, 3.05) is 39.6 Å². The Kier molecular flexibility index (Phi) is 6.73. The Hall–Kier alpha value is -3.12. The minimum atomic E-state index is -0.525. The number of amides is 1. The van der Waals surface area contributed by atoms with Gasteiger partial charge in [-0.3, -0.25) is 14.9 Å². The number of piperidine rings is 1. The fourth-order valence-electron chi connectivity index (χ4n) is 2.94. The van der Waals surface area contributed by atoms with Crippen LogP contribution in [0.15, 0.2) is 30.0 Å². The summed E-state index contributed by atoms with van der Waals surface area (Å²) in [6.45, 7) is 1.82. The van der Waals surface area contributed by atoms with Gasteiger partial charge in [-0.05, 0) is 39.0 Å². The highest BCUT2D eigenvalue weighted by Gasteiger charge is 2.26. The number of methoxy groups -OCH3 is 1. The molecule has 1 saturated heterocycles. The average molecular weight is 373 g/mol. The molecule has 1 aliphatic rings. The van der Waals surface area contributed by atoms with Crippen molar-refractivity contribution in [1.29, 1.82) is 5.26 Å². The van der Waals surface area contributed by atoms with Crippen LogP contribution in [0.4, 0.5) is 11.4 Å². The lowest BCUT2D eigenvalue weighted by molar-refractivity contribution is -0.384. The number of likely N-dealkylation sites (N-methyl/N-ethyl adjacent to an activating group) is 1. The van der Waals surface area contributed by atoms with Gasteiger partial charge in [0.1, 0.15) is 17.4 Å². The van der Waals surface area contributed by atoms with E-state index in [0.29, 0.717) is 5.69 Å². The number of hydrogen-bond acceptors (Lipinski definition) is 7. The van der Waals surface area contributed by atoms with Gasteiger partial charge in [-0.1, -0.05) is 0 Å². The maximum absolute atomic E-state index is 12.6. The number of rotatable bonds is 6. The summed E-state index contributed by atoms with van der Waals surface area (Å²) in [5.74, 6) is -0.116. The van der Waals surface area contributed by atoms with Crippen LogP contribution in [0.2, 0.25) is 0 Å². The predicted octanol–water partition coefficient (Wildman–Crippen LogP) is 1.98. The topological polar surface area (TPSA) is 112 Å². The molecule has 1 amide bonds. The summed E-state index contributed by atoms with van der Waals surface area (Å²) >= 11 is 0. The average Bonchev–Trinajstić information content (AvgIpc) is 2.68. The zero-order valence-electron chi connectivity index (χ0n) is 15.6. The van der Waals surface area contributed by atoms with E-state index >= 15 is 0 Å². The summed E-state index contributed by atoms with van der Waals surface area (Å²) in [6, 6.07) is 6.07. The van der Waals surface area contributed by atoms with E-state index in [1.807, 2.05) is 13.1 Å². The molecule has 1 aliphatic heterocycles. The molecule has 0 radical (unpaired) electrons. The molecule has 144 valence electrons. The van der Waals surface area contributed by atoms with Crippen LogP contribution in [-0.2, 0) is 4.79 Å². The fraction of sp³-hybridized carbons (Fsp3) is 0.444. The quantitative estimate of drug-likeness (QED) is 0.351. The number of hydrogen-bond donors (Lipinski definition) is 1. The zero-order chi connectivity index (χ0) is 20.0. The minimum absolute atomic E-state index is 0.0446. The number of nitrogens with one attached hydrogen (secondary N) is 1. The molecule has 1 heterocycles. The molecule has 0 saturated carbocycles. The lowest BCUT2D eigenvalue weighted by Crippen LogP contribution is -2.44. The largest absolute Gasteiger partial charge is 0.494 e. The third kappa shape index (κ3) is 4.95. The number of nitro benzene ring substituents is 1. The molecule has 0 unspecified atom stereocenters. The Morgan fingerprint density at radius 2 is 2.15 bits per heavy atom. The van der Waals surface area contributed by atoms with Gasteiger partial charge in [-0.25, -0.2) is 0 Å². The van der Waals surface area contributed by atoms with Crippen LogP contribution in [0.3, 0.4) is 0 Å². The number of carbonyl (C=O) groups is 1. The van der Waals surface area contributed by atoms with Crippen molar-refractivity contribution in [1.82, 2.24) is 9.80 Å². The molecular weight excluding hydrogens is 350 g/mol. The van der Waals surface area contributed by atoms with Crippen LogP contribution < -0.4 is 10.1 Å². The molecule has 1 N–H and O–H groups in total. The number of nitro groups is 1. The van der Waals surface area contributed by atoms with Gasteiger partial charge < -0.3 is 19.9 Å². The van der Waals surface area contributed by atoms with Crippen LogP contribution in [-0.4, -0.2) is 61.0 Å². The van der Waals surface area contributed by atoms with E-state index in [4.69, 9.17) is 4.74 Å². The summed E-state index contributed by atoms with van der Waals surface area (Å²) in [4.78, 5) is 26.8. The fourth-order valence-corrected chi connectivity index (χ4v) is 2.94. The smallest absolute Gasteiger partial charge is 0.273 e. The number of benzene rings is 1. The van der Waals surface area contributed by atoms with E-state index < -0.39 is 4.92 Å². The van der Waals surface area contributed by atoms with Gasteiger partial charge in [0.2, 0.25) is 0 Å². The zero-order valence-corrected chi connectivity index (χ0v) is 15.6. The van der Waals surface area contributed by atoms with Gasteiger partial charge in [0.05, 0.1) is 23.8 Å². The van der Waals surface area contributed by atoms with Gasteiger partial charge in [-0.15, -0.1) is 0 Å². The maximum atomic E-state index is 12.6. The molecule has 1 fully saturated rings. The van der Waals surface area contributed by atoms with Crippen LogP contribution in [0.5, 0.6) is 5.75 Å². The third-order valence-corrected chi connectivity index (χ3v) is 4.67. The summed E-state index contributed by atoms with van der Waals surface area (Å²) in [6.07, 6.45) is 3.03. The molecule has 27 heavy (non-hydrogen) atoms. The van der Waals surface area contributed by atoms with Crippen molar-refractivity contribution in [3.8, 4) is 11.8 Å². The summed E-state index contributed by atoms with van der Waals surface area (Å²) < 4.78 is 5.14. The second-order valence-electron chi connectivity index (χ2n) is 6.41. The van der Waals surface area contributed by atoms with Crippen LogP contribution in [0.1, 0.15) is 12.8 Å². The minimum Gasteiger partial charge on any atom is -0.494 e. The highest BCUT2D eigenvalue weighted by molar-refractivity contribution is 5.97. The van der Waals surface area contributed by atoms with Gasteiger partial charge in [0.15, 0.2) is 0 Å². The first-order chi connectivity index (χ1) is 12.9. The second-order valence-corrected chi connectivity index (χ2v) is 6.41. The first kappa shape index (κ1) is 20.2.